The van der Waals surface area contributed by atoms with Gasteiger partial charge in [-0.1, -0.05) is 304 Å². The molecule has 82 heavy (non-hydrogen) atoms. The van der Waals surface area contributed by atoms with Crippen LogP contribution in [0.5, 0.6) is 0 Å². The van der Waals surface area contributed by atoms with Gasteiger partial charge in [0.2, 0.25) is 0 Å². The lowest BCUT2D eigenvalue weighted by Gasteiger charge is -2.18. The average Bonchev–Trinajstić information content (AvgIpc) is 3.47. The molecule has 0 aromatic heterocycles. The maximum Gasteiger partial charge on any atom is 0.306 e. The number of ether oxygens (including phenoxy) is 3. The second-order valence-electron chi connectivity index (χ2n) is 23.4. The first kappa shape index (κ1) is 78.3. The van der Waals surface area contributed by atoms with Crippen molar-refractivity contribution < 1.29 is 28.6 Å². The Bertz CT molecular complexity index is 1590. The van der Waals surface area contributed by atoms with Crippen LogP contribution in [0.3, 0.4) is 0 Å². The normalized spacial score (nSPS) is 12.7. The fraction of sp³-hybridized carbons (Fsp3) is 0.750. The molecule has 0 saturated heterocycles. The summed E-state index contributed by atoms with van der Waals surface area (Å²) in [6, 6.07) is 0. The van der Waals surface area contributed by atoms with E-state index in [9.17, 15) is 14.4 Å². The van der Waals surface area contributed by atoms with Crippen LogP contribution in [-0.4, -0.2) is 37.2 Å². The molecule has 0 aliphatic rings. The summed E-state index contributed by atoms with van der Waals surface area (Å²) in [6.07, 6.45) is 94.5. The molecule has 472 valence electrons. The molecule has 0 aliphatic heterocycles. The highest BCUT2D eigenvalue weighted by atomic mass is 16.6. The molecule has 0 N–H and O–H groups in total. The lowest BCUT2D eigenvalue weighted by molar-refractivity contribution is -0.167. The van der Waals surface area contributed by atoms with Gasteiger partial charge in [-0.2, -0.15) is 0 Å². The zero-order valence-electron chi connectivity index (χ0n) is 54.2. The largest absolute Gasteiger partial charge is 0.462 e. The molecule has 0 aliphatic carbocycles. The van der Waals surface area contributed by atoms with Crippen LogP contribution in [0, 0.1) is 0 Å². The van der Waals surface area contributed by atoms with E-state index in [-0.39, 0.29) is 37.5 Å². The van der Waals surface area contributed by atoms with E-state index in [1.165, 1.54) is 199 Å². The van der Waals surface area contributed by atoms with Crippen molar-refractivity contribution in [3.05, 3.63) is 97.2 Å². The van der Waals surface area contributed by atoms with Crippen molar-refractivity contribution >= 4 is 17.9 Å². The number of carbonyl (C=O) groups is 3. The molecular formula is C76H132O6. The molecule has 0 rings (SSSR count). The number of hydrogen-bond acceptors (Lipinski definition) is 6. The summed E-state index contributed by atoms with van der Waals surface area (Å²) in [5.74, 6) is -0.937. The van der Waals surface area contributed by atoms with Gasteiger partial charge in [-0.25, -0.2) is 0 Å². The van der Waals surface area contributed by atoms with E-state index in [2.05, 4.69) is 118 Å². The van der Waals surface area contributed by atoms with Gasteiger partial charge in [-0.3, -0.25) is 14.4 Å². The number of hydrogen-bond donors (Lipinski definition) is 0. The molecular weight excluding hydrogens is 1010 g/mol. The molecule has 0 fully saturated rings. The van der Waals surface area contributed by atoms with Gasteiger partial charge in [-0.15, -0.1) is 0 Å². The molecule has 0 radical (unpaired) electrons. The molecule has 0 aromatic rings. The molecule has 0 amide bonds. The number of rotatable bonds is 64. The Morgan fingerprint density at radius 2 is 0.476 bits per heavy atom. The third kappa shape index (κ3) is 67.1. The highest BCUT2D eigenvalue weighted by Gasteiger charge is 2.19. The molecule has 0 spiro atoms. The number of esters is 3. The van der Waals surface area contributed by atoms with Crippen LogP contribution in [0.15, 0.2) is 97.2 Å². The first-order valence-corrected chi connectivity index (χ1v) is 35.2. The van der Waals surface area contributed by atoms with Crippen molar-refractivity contribution in [3.8, 4) is 0 Å². The van der Waals surface area contributed by atoms with E-state index >= 15 is 0 Å². The Labute approximate surface area is 508 Å². The summed E-state index contributed by atoms with van der Waals surface area (Å²) in [7, 11) is 0. The second-order valence-corrected chi connectivity index (χ2v) is 23.4. The minimum atomic E-state index is -0.805. The van der Waals surface area contributed by atoms with E-state index in [1.54, 1.807) is 0 Å². The molecule has 6 nitrogen and oxygen atoms in total. The topological polar surface area (TPSA) is 78.9 Å². The fourth-order valence-electron chi connectivity index (χ4n) is 10.0. The number of unbranched alkanes of at least 4 members (excludes halogenated alkanes) is 37. The Kier molecular flexibility index (Phi) is 66.7. The van der Waals surface area contributed by atoms with Crippen molar-refractivity contribution in [1.82, 2.24) is 0 Å². The first-order chi connectivity index (χ1) is 40.5. The molecule has 0 bridgehead atoms. The van der Waals surface area contributed by atoms with Crippen LogP contribution in [-0.2, 0) is 28.6 Å². The third-order valence-electron chi connectivity index (χ3n) is 15.3. The summed E-state index contributed by atoms with van der Waals surface area (Å²) < 4.78 is 16.9. The van der Waals surface area contributed by atoms with E-state index in [4.69, 9.17) is 14.2 Å². The third-order valence-corrected chi connectivity index (χ3v) is 15.3. The zero-order valence-corrected chi connectivity index (χ0v) is 54.2. The van der Waals surface area contributed by atoms with Crippen molar-refractivity contribution in [2.75, 3.05) is 13.2 Å². The minimum absolute atomic E-state index is 0.0957. The molecule has 1 atom stereocenters. The Hall–Kier alpha value is -3.67. The Morgan fingerprint density at radius 1 is 0.256 bits per heavy atom. The summed E-state index contributed by atoms with van der Waals surface area (Å²) in [5, 5.41) is 0. The standard InChI is InChI=1S/C76H132O6/c1-4-7-10-13-16-19-22-25-27-29-31-33-34-35-36-37-38-39-40-41-42-44-45-47-49-51-54-57-60-63-66-69-75(78)81-72-73(71-80-74(77)68-65-62-59-56-53-24-21-18-15-12-9-6-3)82-76(79)70-67-64-61-58-55-52-50-48-46-43-32-30-28-26-23-20-17-14-11-8-5-2/h8,11,17-18,20-21,26,28-29,31-32,43,48,50,55,58,73H,4-7,9-10,12-16,19,22-25,27,30,33-42,44-47,49,51-54,56-57,59-72H2,1-3H3/b11-8-,20-17-,21-18-,28-26-,31-29-,43-32-,50-48-,58-55-. The summed E-state index contributed by atoms with van der Waals surface area (Å²) in [4.78, 5) is 38.3. The van der Waals surface area contributed by atoms with Gasteiger partial charge in [-0.05, 0) is 122 Å². The van der Waals surface area contributed by atoms with Crippen LogP contribution in [0.1, 0.15) is 348 Å². The first-order valence-electron chi connectivity index (χ1n) is 35.2. The van der Waals surface area contributed by atoms with Crippen molar-refractivity contribution in [1.29, 1.82) is 0 Å². The lowest BCUT2D eigenvalue weighted by Crippen LogP contribution is -2.30. The van der Waals surface area contributed by atoms with Crippen molar-refractivity contribution in [2.45, 2.75) is 354 Å². The van der Waals surface area contributed by atoms with Crippen molar-refractivity contribution in [2.24, 2.45) is 0 Å². The second kappa shape index (κ2) is 69.8. The zero-order chi connectivity index (χ0) is 59.2. The van der Waals surface area contributed by atoms with Crippen molar-refractivity contribution in [3.63, 3.8) is 0 Å². The maximum absolute atomic E-state index is 12.9. The van der Waals surface area contributed by atoms with Gasteiger partial charge in [0.25, 0.3) is 0 Å². The van der Waals surface area contributed by atoms with Gasteiger partial charge in [0.1, 0.15) is 13.2 Å². The minimum Gasteiger partial charge on any atom is -0.462 e. The molecule has 0 aromatic carbocycles. The SMILES string of the molecule is CC/C=C\C/C=C\C/C=C\C/C=C\C/C=C\C/C=C\CCCCC(=O)OC(COC(=O)CCCCCCC/C=C\CCCCC)COC(=O)CCCCCCCCCCCCCCCCCCCCC/C=C\CCCCCCCCCC. The van der Waals surface area contributed by atoms with E-state index in [0.717, 1.165) is 103 Å². The Morgan fingerprint density at radius 3 is 0.805 bits per heavy atom. The van der Waals surface area contributed by atoms with E-state index in [1.807, 2.05) is 0 Å². The molecule has 1 unspecified atom stereocenters. The van der Waals surface area contributed by atoms with Crippen LogP contribution >= 0.6 is 0 Å². The molecule has 6 heteroatoms. The van der Waals surface area contributed by atoms with E-state index < -0.39 is 6.10 Å². The summed E-state index contributed by atoms with van der Waals surface area (Å²) in [6.45, 7) is 6.49. The number of allylic oxidation sites excluding steroid dienone is 16. The Balaban J connectivity index is 4.24. The van der Waals surface area contributed by atoms with Crippen LogP contribution < -0.4 is 0 Å². The smallest absolute Gasteiger partial charge is 0.306 e. The van der Waals surface area contributed by atoms with Crippen LogP contribution in [0.2, 0.25) is 0 Å². The van der Waals surface area contributed by atoms with Gasteiger partial charge in [0.05, 0.1) is 0 Å². The highest BCUT2D eigenvalue weighted by molar-refractivity contribution is 5.71. The van der Waals surface area contributed by atoms with Crippen LogP contribution in [0.4, 0.5) is 0 Å². The lowest BCUT2D eigenvalue weighted by atomic mass is 10.0. The van der Waals surface area contributed by atoms with E-state index in [0.29, 0.717) is 19.3 Å². The molecule has 0 saturated carbocycles. The number of carbonyl (C=O) groups excluding carboxylic acids is 3. The predicted molar refractivity (Wildman–Crippen MR) is 357 cm³/mol. The van der Waals surface area contributed by atoms with Gasteiger partial charge < -0.3 is 14.2 Å². The van der Waals surface area contributed by atoms with Gasteiger partial charge in [0, 0.05) is 19.3 Å². The highest BCUT2D eigenvalue weighted by Crippen LogP contribution is 2.17. The summed E-state index contributed by atoms with van der Waals surface area (Å²) >= 11 is 0. The molecule has 0 heterocycles. The quantitative estimate of drug-likeness (QED) is 0.0261. The maximum atomic E-state index is 12.9. The van der Waals surface area contributed by atoms with Gasteiger partial charge >= 0.3 is 17.9 Å². The average molecular weight is 1140 g/mol. The summed E-state index contributed by atoms with van der Waals surface area (Å²) in [5.41, 5.74) is 0. The predicted octanol–water partition coefficient (Wildman–Crippen LogP) is 24.4. The monoisotopic (exact) mass is 1140 g/mol. The van der Waals surface area contributed by atoms with Gasteiger partial charge in [0.15, 0.2) is 6.10 Å². The van der Waals surface area contributed by atoms with Crippen LogP contribution in [0.25, 0.3) is 0 Å². The fourth-order valence-corrected chi connectivity index (χ4v) is 10.0.